The van der Waals surface area contributed by atoms with Crippen molar-refractivity contribution in [2.24, 2.45) is 0 Å². The molecule has 0 bridgehead atoms. The largest absolute Gasteiger partial charge is 0.389 e. The van der Waals surface area contributed by atoms with Crippen molar-refractivity contribution >= 4 is 12.8 Å². The highest BCUT2D eigenvalue weighted by atomic mass is 32.1. The summed E-state index contributed by atoms with van der Waals surface area (Å²) in [6, 6.07) is 3.92. The number of rotatable bonds is 2. The summed E-state index contributed by atoms with van der Waals surface area (Å²) >= 11 is 4.28. The minimum absolute atomic E-state index is 0.567. The maximum absolute atomic E-state index is 10.4. The molecule has 1 saturated heterocycles. The third kappa shape index (κ3) is 2.93. The number of aliphatic hydroxyl groups is 1. The van der Waals surface area contributed by atoms with Crippen molar-refractivity contribution in [2.45, 2.75) is 24.9 Å². The van der Waals surface area contributed by atoms with E-state index in [1.807, 2.05) is 22.6 Å². The van der Waals surface area contributed by atoms with Gasteiger partial charge in [0.15, 0.2) is 0 Å². The van der Waals surface area contributed by atoms with Crippen LogP contribution >= 0.6 is 12.8 Å². The second-order valence-corrected chi connectivity index (χ2v) is 4.78. The zero-order valence-corrected chi connectivity index (χ0v) is 9.53. The van der Waals surface area contributed by atoms with Gasteiger partial charge in [0.1, 0.15) is 0 Å². The van der Waals surface area contributed by atoms with E-state index in [0.717, 1.165) is 31.5 Å². The maximum Gasteiger partial charge on any atom is 0.0713 e. The smallest absolute Gasteiger partial charge is 0.0713 e. The zero-order chi connectivity index (χ0) is 10.7. The SMILES string of the molecule is OC1(Cc2cccnc2)CCN(S)CC1. The molecule has 2 rings (SSSR count). The van der Waals surface area contributed by atoms with E-state index in [2.05, 4.69) is 17.8 Å². The molecule has 82 valence electrons. The predicted molar refractivity (Wildman–Crippen MR) is 62.7 cm³/mol. The minimum Gasteiger partial charge on any atom is -0.389 e. The molecular formula is C11H16N2OS. The number of hydrogen-bond acceptors (Lipinski definition) is 4. The van der Waals surface area contributed by atoms with Crippen LogP contribution in [-0.4, -0.2) is 33.1 Å². The molecule has 0 aromatic carbocycles. The molecule has 3 nitrogen and oxygen atoms in total. The average Bonchev–Trinajstić information content (AvgIpc) is 2.24. The number of piperidine rings is 1. The number of aromatic nitrogens is 1. The van der Waals surface area contributed by atoms with Gasteiger partial charge in [-0.1, -0.05) is 18.9 Å². The second-order valence-electron chi connectivity index (χ2n) is 4.22. The summed E-state index contributed by atoms with van der Waals surface area (Å²) in [6.45, 7) is 1.69. The van der Waals surface area contributed by atoms with E-state index >= 15 is 0 Å². The van der Waals surface area contributed by atoms with Crippen LogP contribution in [0.15, 0.2) is 24.5 Å². The van der Waals surface area contributed by atoms with Crippen LogP contribution in [0.25, 0.3) is 0 Å². The van der Waals surface area contributed by atoms with Crippen LogP contribution in [0, 0.1) is 0 Å². The van der Waals surface area contributed by atoms with Gasteiger partial charge in [-0.05, 0) is 24.5 Å². The molecule has 0 unspecified atom stereocenters. The normalized spacial score (nSPS) is 21.5. The summed E-state index contributed by atoms with van der Waals surface area (Å²) in [5.74, 6) is 0. The highest BCUT2D eigenvalue weighted by Crippen LogP contribution is 2.26. The highest BCUT2D eigenvalue weighted by molar-refractivity contribution is 7.77. The van der Waals surface area contributed by atoms with Gasteiger partial charge >= 0.3 is 0 Å². The summed E-state index contributed by atoms with van der Waals surface area (Å²) in [5, 5.41) is 10.4. The van der Waals surface area contributed by atoms with Gasteiger partial charge in [-0.2, -0.15) is 0 Å². The van der Waals surface area contributed by atoms with Gasteiger partial charge in [0.2, 0.25) is 0 Å². The Kier molecular flexibility index (Phi) is 3.29. The van der Waals surface area contributed by atoms with E-state index in [1.54, 1.807) is 6.20 Å². The monoisotopic (exact) mass is 224 g/mol. The first-order chi connectivity index (χ1) is 7.18. The van der Waals surface area contributed by atoms with Gasteiger partial charge in [0, 0.05) is 31.9 Å². The summed E-state index contributed by atoms with van der Waals surface area (Å²) in [6.07, 6.45) is 5.84. The first-order valence-electron chi connectivity index (χ1n) is 5.23. The van der Waals surface area contributed by atoms with Gasteiger partial charge in [0.25, 0.3) is 0 Å². The molecule has 15 heavy (non-hydrogen) atoms. The lowest BCUT2D eigenvalue weighted by atomic mass is 9.86. The first-order valence-corrected chi connectivity index (χ1v) is 5.63. The Morgan fingerprint density at radius 3 is 2.80 bits per heavy atom. The molecule has 0 amide bonds. The van der Waals surface area contributed by atoms with E-state index in [0.29, 0.717) is 6.42 Å². The molecule has 0 atom stereocenters. The maximum atomic E-state index is 10.4. The number of hydrogen-bond donors (Lipinski definition) is 2. The molecule has 2 heterocycles. The van der Waals surface area contributed by atoms with E-state index < -0.39 is 5.60 Å². The van der Waals surface area contributed by atoms with Crippen molar-refractivity contribution in [3.05, 3.63) is 30.1 Å². The van der Waals surface area contributed by atoms with E-state index in [4.69, 9.17) is 0 Å². The lowest BCUT2D eigenvalue weighted by Crippen LogP contribution is -2.42. The molecule has 1 aliphatic heterocycles. The molecule has 4 heteroatoms. The summed E-state index contributed by atoms with van der Waals surface area (Å²) in [5.41, 5.74) is 0.537. The molecule has 1 fully saturated rings. The van der Waals surface area contributed by atoms with Crippen molar-refractivity contribution in [2.75, 3.05) is 13.1 Å². The molecule has 0 aliphatic carbocycles. The van der Waals surface area contributed by atoms with Crippen LogP contribution in [0.5, 0.6) is 0 Å². The minimum atomic E-state index is -0.567. The van der Waals surface area contributed by atoms with Crippen LogP contribution in [-0.2, 0) is 6.42 Å². The lowest BCUT2D eigenvalue weighted by Gasteiger charge is -2.35. The Morgan fingerprint density at radius 2 is 2.20 bits per heavy atom. The number of thiol groups is 1. The van der Waals surface area contributed by atoms with Gasteiger partial charge in [0.05, 0.1) is 5.60 Å². The zero-order valence-electron chi connectivity index (χ0n) is 8.63. The quantitative estimate of drug-likeness (QED) is 0.743. The summed E-state index contributed by atoms with van der Waals surface area (Å²) < 4.78 is 1.96. The van der Waals surface area contributed by atoms with Crippen molar-refractivity contribution in [3.63, 3.8) is 0 Å². The Balaban J connectivity index is 1.99. The second kappa shape index (κ2) is 4.51. The molecule has 1 aromatic heterocycles. The third-order valence-corrected chi connectivity index (χ3v) is 3.33. The van der Waals surface area contributed by atoms with Crippen molar-refractivity contribution in [1.82, 2.24) is 9.29 Å². The topological polar surface area (TPSA) is 36.4 Å². The van der Waals surface area contributed by atoms with Crippen molar-refractivity contribution in [1.29, 1.82) is 0 Å². The number of pyridine rings is 1. The number of nitrogens with zero attached hydrogens (tertiary/aromatic N) is 2. The van der Waals surface area contributed by atoms with Gasteiger partial charge in [-0.15, -0.1) is 0 Å². The summed E-state index contributed by atoms with van der Waals surface area (Å²) in [4.78, 5) is 4.06. The molecule has 0 radical (unpaired) electrons. The lowest BCUT2D eigenvalue weighted by molar-refractivity contribution is -0.00257. The van der Waals surface area contributed by atoms with Crippen molar-refractivity contribution < 1.29 is 5.11 Å². The fourth-order valence-electron chi connectivity index (χ4n) is 1.97. The van der Waals surface area contributed by atoms with E-state index in [1.165, 1.54) is 0 Å². The van der Waals surface area contributed by atoms with E-state index in [-0.39, 0.29) is 0 Å². The highest BCUT2D eigenvalue weighted by Gasteiger charge is 2.31. The Hall–Kier alpha value is -0.580. The molecule has 0 spiro atoms. The fraction of sp³-hybridized carbons (Fsp3) is 0.545. The molecule has 0 saturated carbocycles. The standard InChI is InChI=1S/C11H16N2OS/c14-11(3-6-13(15)7-4-11)8-10-2-1-5-12-9-10/h1-2,5,9,14-15H,3-4,6-8H2. The molecule has 1 aromatic rings. The van der Waals surface area contributed by atoms with Crippen LogP contribution in [0.4, 0.5) is 0 Å². The van der Waals surface area contributed by atoms with Gasteiger partial charge in [-0.25, -0.2) is 0 Å². The Morgan fingerprint density at radius 1 is 1.47 bits per heavy atom. The molecule has 1 N–H and O–H groups in total. The summed E-state index contributed by atoms with van der Waals surface area (Å²) in [7, 11) is 0. The third-order valence-electron chi connectivity index (χ3n) is 2.93. The Bertz CT molecular complexity index is 310. The van der Waals surface area contributed by atoms with E-state index in [9.17, 15) is 5.11 Å². The van der Waals surface area contributed by atoms with Crippen LogP contribution in [0.2, 0.25) is 0 Å². The average molecular weight is 224 g/mol. The Labute approximate surface area is 95.7 Å². The van der Waals surface area contributed by atoms with Crippen molar-refractivity contribution in [3.8, 4) is 0 Å². The van der Waals surface area contributed by atoms with Gasteiger partial charge in [-0.3, -0.25) is 9.29 Å². The van der Waals surface area contributed by atoms with Crippen LogP contribution < -0.4 is 0 Å². The molecular weight excluding hydrogens is 208 g/mol. The van der Waals surface area contributed by atoms with Crippen LogP contribution in [0.1, 0.15) is 18.4 Å². The first kappa shape index (κ1) is 10.9. The van der Waals surface area contributed by atoms with Crippen LogP contribution in [0.3, 0.4) is 0 Å². The van der Waals surface area contributed by atoms with Gasteiger partial charge < -0.3 is 5.11 Å². The predicted octanol–water partition coefficient (Wildman–Crippen LogP) is 1.30. The fourth-order valence-corrected chi connectivity index (χ4v) is 2.17. The molecule has 1 aliphatic rings.